The number of nitrogens with one attached hydrogen (secondary N) is 3. The van der Waals surface area contributed by atoms with E-state index in [9.17, 15) is 19.6 Å². The Morgan fingerprint density at radius 3 is 2.75 bits per heavy atom. The van der Waals surface area contributed by atoms with E-state index in [0.29, 0.717) is 30.2 Å². The molecule has 6 rings (SSSR count). The Labute approximate surface area is 303 Å². The van der Waals surface area contributed by atoms with E-state index in [1.165, 1.54) is 10.9 Å². The monoisotopic (exact) mass is 762 g/mol. The molecule has 2 aromatic carbocycles. The van der Waals surface area contributed by atoms with E-state index in [4.69, 9.17) is 35.9 Å². The van der Waals surface area contributed by atoms with Crippen molar-refractivity contribution in [3.63, 3.8) is 0 Å². The molecule has 3 aromatic heterocycles. The molecule has 0 radical (unpaired) electrons. The lowest BCUT2D eigenvalue weighted by atomic mass is 10.1. The largest absolute Gasteiger partial charge is 0.490 e. The summed E-state index contributed by atoms with van der Waals surface area (Å²) < 4.78 is 40.5. The minimum Gasteiger partial charge on any atom is -0.490 e. The van der Waals surface area contributed by atoms with Crippen molar-refractivity contribution in [2.75, 3.05) is 44.1 Å². The van der Waals surface area contributed by atoms with Gasteiger partial charge in [0, 0.05) is 28.7 Å². The van der Waals surface area contributed by atoms with Crippen molar-refractivity contribution in [1.82, 2.24) is 24.6 Å². The number of hydrogen-bond donors (Lipinski definition) is 6. The quantitative estimate of drug-likeness (QED) is 0.0431. The Kier molecular flexibility index (Phi) is 12.4. The van der Waals surface area contributed by atoms with Gasteiger partial charge in [-0.25, -0.2) is 14.2 Å². The maximum Gasteiger partial charge on any atom is 0.405 e. The molecule has 0 spiro atoms. The van der Waals surface area contributed by atoms with E-state index in [2.05, 4.69) is 20.0 Å². The third kappa shape index (κ3) is 8.96. The lowest BCUT2D eigenvalue weighted by Gasteiger charge is -2.22. The summed E-state index contributed by atoms with van der Waals surface area (Å²) in [5.41, 5.74) is 7.72. The molecule has 1 saturated heterocycles. The Morgan fingerprint density at radius 1 is 1.14 bits per heavy atom. The Morgan fingerprint density at radius 2 is 1.94 bits per heavy atom. The summed E-state index contributed by atoms with van der Waals surface area (Å²) in [6.07, 6.45) is 2.41. The summed E-state index contributed by atoms with van der Waals surface area (Å²) in [5.74, 6) is 1.40. The van der Waals surface area contributed by atoms with Gasteiger partial charge in [-0.05, 0) is 67.2 Å². The summed E-state index contributed by atoms with van der Waals surface area (Å²) >= 11 is 7.68. The number of ether oxygens (including phenoxy) is 2. The molecule has 0 saturated carbocycles. The lowest BCUT2D eigenvalue weighted by molar-refractivity contribution is -0.746. The molecule has 0 aliphatic carbocycles. The van der Waals surface area contributed by atoms with Crippen LogP contribution >= 0.6 is 31.1 Å². The second-order valence-electron chi connectivity index (χ2n) is 12.0. The SMILES string of the molecule is CSCCCCOP(=O)(NCCc1c[nH]c2ccccc12)OC[C@H]1O[C@@H]([n+]2cn(CCOc3ccc(Cl)cc3)c3c(=O)[nH]c(N)nc32)[C@@H](O)C1O. The van der Waals surface area contributed by atoms with Gasteiger partial charge in [0.05, 0.1) is 13.2 Å². The Hall–Kier alpha value is -3.44. The molecule has 2 unspecified atom stereocenters. The van der Waals surface area contributed by atoms with Crippen LogP contribution in [0.5, 0.6) is 5.75 Å². The van der Waals surface area contributed by atoms with Crippen LogP contribution in [0.4, 0.5) is 5.95 Å². The van der Waals surface area contributed by atoms with Crippen molar-refractivity contribution in [1.29, 1.82) is 0 Å². The van der Waals surface area contributed by atoms with E-state index in [0.717, 1.165) is 28.6 Å². The number of nitrogen functional groups attached to an aromatic ring is 1. The summed E-state index contributed by atoms with van der Waals surface area (Å²) in [5, 5.41) is 26.8. The smallest absolute Gasteiger partial charge is 0.405 e. The minimum atomic E-state index is -3.87. The number of rotatable bonds is 18. The number of unbranched alkanes of at least 4 members (excludes halogenated alkanes) is 1. The molecule has 1 fully saturated rings. The van der Waals surface area contributed by atoms with Crippen LogP contribution in [0.3, 0.4) is 0 Å². The van der Waals surface area contributed by atoms with Gasteiger partial charge in [0.25, 0.3) is 11.5 Å². The molecule has 7 N–H and O–H groups in total. The van der Waals surface area contributed by atoms with E-state index in [1.807, 2.05) is 36.7 Å². The number of fused-ring (bicyclic) bond motifs is 2. The first kappa shape index (κ1) is 37.3. The predicted molar refractivity (Wildman–Crippen MR) is 195 cm³/mol. The second kappa shape index (κ2) is 16.9. The second-order valence-corrected chi connectivity index (χ2v) is 15.3. The fourth-order valence-corrected chi connectivity index (χ4v) is 7.89. The van der Waals surface area contributed by atoms with Gasteiger partial charge in [-0.15, -0.1) is 0 Å². The number of para-hydroxylation sites is 1. The number of nitrogens with zero attached hydrogens (tertiary/aromatic N) is 3. The minimum absolute atomic E-state index is 0.124. The van der Waals surface area contributed by atoms with Crippen LogP contribution in [-0.2, 0) is 31.3 Å². The van der Waals surface area contributed by atoms with Gasteiger partial charge in [-0.2, -0.15) is 11.8 Å². The Balaban J connectivity index is 1.14. The summed E-state index contributed by atoms with van der Waals surface area (Å²) in [7, 11) is -3.87. The number of H-pyrrole nitrogens is 2. The van der Waals surface area contributed by atoms with Gasteiger partial charge in [0.2, 0.25) is 11.7 Å². The average Bonchev–Trinajstić information content (AvgIpc) is 3.78. The number of hydrogen-bond acceptors (Lipinski definition) is 11. The Bertz CT molecular complexity index is 2030. The van der Waals surface area contributed by atoms with Crippen molar-refractivity contribution in [3.8, 4) is 5.75 Å². The zero-order valence-corrected chi connectivity index (χ0v) is 30.4. The van der Waals surface area contributed by atoms with Gasteiger partial charge in [0.1, 0.15) is 37.2 Å². The molecule has 51 heavy (non-hydrogen) atoms. The van der Waals surface area contributed by atoms with Gasteiger partial charge >= 0.3 is 13.4 Å². The molecule has 5 atom stereocenters. The highest BCUT2D eigenvalue weighted by molar-refractivity contribution is 7.98. The molecule has 4 heterocycles. The van der Waals surface area contributed by atoms with Crippen LogP contribution in [0.15, 0.2) is 65.8 Å². The number of benzene rings is 2. The highest BCUT2D eigenvalue weighted by Crippen LogP contribution is 2.45. The van der Waals surface area contributed by atoms with Crippen molar-refractivity contribution in [3.05, 3.63) is 82.0 Å². The van der Waals surface area contributed by atoms with Gasteiger partial charge in [0.15, 0.2) is 6.33 Å². The van der Waals surface area contributed by atoms with Gasteiger partial charge in [-0.1, -0.05) is 34.8 Å². The number of aliphatic hydroxyl groups is 2. The van der Waals surface area contributed by atoms with Crippen molar-refractivity contribution < 1.29 is 37.9 Å². The molecule has 1 aliphatic rings. The van der Waals surface area contributed by atoms with Crippen LogP contribution in [0.1, 0.15) is 24.6 Å². The summed E-state index contributed by atoms with van der Waals surface area (Å²) in [4.78, 5) is 23.1. The number of halogens is 1. The molecular weight excluding hydrogens is 721 g/mol. The van der Waals surface area contributed by atoms with Crippen LogP contribution < -0.4 is 25.7 Å². The van der Waals surface area contributed by atoms with E-state index in [1.54, 1.807) is 40.6 Å². The number of thioether (sulfide) groups is 1. The third-order valence-corrected chi connectivity index (χ3v) is 11.1. The van der Waals surface area contributed by atoms with Gasteiger partial charge in [-0.3, -0.25) is 23.4 Å². The molecular formula is C33H42ClN7O8PS+. The van der Waals surface area contributed by atoms with Crippen LogP contribution in [-0.4, -0.2) is 86.4 Å². The van der Waals surface area contributed by atoms with Gasteiger partial charge < -0.3 is 30.4 Å². The molecule has 18 heteroatoms. The first-order valence-corrected chi connectivity index (χ1v) is 19.8. The standard InChI is InChI=1S/C33H41ClN7O8PS/c1-51-17-5-4-15-47-50(45,37-13-12-21-18-36-25-7-3-2-6-24(21)25)48-19-26-28(42)29(43)32(49-26)41-20-40(27-30(41)38-33(35)39-31(27)44)14-16-46-23-10-8-22(34)9-11-23/h2-3,6-11,18,20,26,28-29,32,36,42-43H,4-5,12-17,19H2,1H3,(H3-,35,37,38,39,44,45)/p+1/t26-,28?,29+,32-,50?/m1/s1. The number of anilines is 1. The zero-order chi connectivity index (χ0) is 36.0. The van der Waals surface area contributed by atoms with E-state index in [-0.39, 0.29) is 43.5 Å². The van der Waals surface area contributed by atoms with Crippen LogP contribution in [0, 0.1) is 0 Å². The molecule has 15 nitrogen and oxygen atoms in total. The summed E-state index contributed by atoms with van der Waals surface area (Å²) in [6, 6.07) is 14.8. The molecule has 0 amide bonds. The van der Waals surface area contributed by atoms with Crippen molar-refractivity contribution in [2.24, 2.45) is 0 Å². The van der Waals surface area contributed by atoms with Crippen molar-refractivity contribution >= 4 is 59.1 Å². The number of imidazole rings is 1. The normalized spacial score (nSPS) is 20.3. The van der Waals surface area contributed by atoms with E-state index >= 15 is 0 Å². The number of aromatic amines is 2. The number of nitrogens with two attached hydrogens (primary N) is 1. The average molecular weight is 763 g/mol. The molecule has 274 valence electrons. The first-order valence-electron chi connectivity index (χ1n) is 16.5. The molecule has 0 bridgehead atoms. The fraction of sp³-hybridized carbons (Fsp3) is 0.424. The number of aromatic nitrogens is 5. The lowest BCUT2D eigenvalue weighted by Crippen LogP contribution is -2.46. The van der Waals surface area contributed by atoms with Crippen LogP contribution in [0.25, 0.3) is 22.1 Å². The first-order chi connectivity index (χ1) is 24.7. The maximum absolute atomic E-state index is 13.9. The van der Waals surface area contributed by atoms with Crippen LogP contribution in [0.2, 0.25) is 5.02 Å². The summed E-state index contributed by atoms with van der Waals surface area (Å²) in [6.45, 7) is 0.543. The maximum atomic E-state index is 13.9. The van der Waals surface area contributed by atoms with Crippen molar-refractivity contribution in [2.45, 2.75) is 50.3 Å². The molecule has 5 aromatic rings. The predicted octanol–water partition coefficient (Wildman–Crippen LogP) is 3.54. The highest BCUT2D eigenvalue weighted by atomic mass is 35.5. The number of aliphatic hydroxyl groups excluding tert-OH is 2. The third-order valence-electron chi connectivity index (χ3n) is 8.50. The molecule has 1 aliphatic heterocycles. The fourth-order valence-electron chi connectivity index (χ4n) is 5.92. The zero-order valence-electron chi connectivity index (χ0n) is 27.9. The highest BCUT2D eigenvalue weighted by Gasteiger charge is 2.48. The van der Waals surface area contributed by atoms with E-state index < -0.39 is 37.8 Å². The topological polar surface area (TPSA) is 203 Å².